The first-order chi connectivity index (χ1) is 8.74. The maximum Gasteiger partial charge on any atom is 0.137 e. The number of aromatic amines is 1. The Morgan fingerprint density at radius 1 is 1.00 bits per heavy atom. The minimum atomic E-state index is 0.652. The van der Waals surface area contributed by atoms with E-state index < -0.39 is 0 Å². The standard InChI is InChI=1S/C15H12N2S/c1-10-16-14-8-7-12(9-13(14)15(18)17-10)11-5-3-2-4-6-11/h2-9H,1H3,(H,16,17,18). The zero-order valence-corrected chi connectivity index (χ0v) is 10.8. The van der Waals surface area contributed by atoms with Crippen LogP contribution in [0, 0.1) is 11.6 Å². The molecule has 3 heteroatoms. The average molecular weight is 252 g/mol. The SMILES string of the molecule is Cc1nc(=S)c2cc(-c3ccccc3)ccc2[nH]1. The summed E-state index contributed by atoms with van der Waals surface area (Å²) in [5.74, 6) is 0.847. The van der Waals surface area contributed by atoms with E-state index in [1.54, 1.807) is 0 Å². The van der Waals surface area contributed by atoms with Crippen molar-refractivity contribution in [3.63, 3.8) is 0 Å². The van der Waals surface area contributed by atoms with E-state index in [4.69, 9.17) is 12.2 Å². The Kier molecular flexibility index (Phi) is 2.68. The molecular weight excluding hydrogens is 240 g/mol. The highest BCUT2D eigenvalue weighted by Crippen LogP contribution is 2.23. The second kappa shape index (κ2) is 4.35. The molecule has 0 amide bonds. The van der Waals surface area contributed by atoms with Crippen LogP contribution >= 0.6 is 12.2 Å². The molecule has 1 N–H and O–H groups in total. The molecule has 1 aromatic heterocycles. The Morgan fingerprint density at radius 3 is 2.56 bits per heavy atom. The molecule has 88 valence electrons. The fourth-order valence-corrected chi connectivity index (χ4v) is 2.38. The first kappa shape index (κ1) is 11.1. The summed E-state index contributed by atoms with van der Waals surface area (Å²) in [6.07, 6.45) is 0. The third-order valence-electron chi connectivity index (χ3n) is 2.94. The molecule has 0 atom stereocenters. The van der Waals surface area contributed by atoms with Gasteiger partial charge >= 0.3 is 0 Å². The number of nitrogens with one attached hydrogen (secondary N) is 1. The van der Waals surface area contributed by atoms with Crippen LogP contribution in [0.3, 0.4) is 0 Å². The van der Waals surface area contributed by atoms with Crippen molar-refractivity contribution in [2.45, 2.75) is 6.92 Å². The maximum absolute atomic E-state index is 5.32. The molecule has 2 aromatic carbocycles. The zero-order valence-electron chi connectivity index (χ0n) is 9.97. The molecule has 0 bridgehead atoms. The maximum atomic E-state index is 5.32. The fourth-order valence-electron chi connectivity index (χ4n) is 2.08. The molecule has 0 aliphatic heterocycles. The molecule has 0 unspecified atom stereocenters. The van der Waals surface area contributed by atoms with Gasteiger partial charge in [0.1, 0.15) is 10.5 Å². The second-order valence-electron chi connectivity index (χ2n) is 4.25. The molecule has 18 heavy (non-hydrogen) atoms. The largest absolute Gasteiger partial charge is 0.343 e. The molecule has 0 spiro atoms. The summed E-state index contributed by atoms with van der Waals surface area (Å²) in [5, 5.41) is 0.997. The third-order valence-corrected chi connectivity index (χ3v) is 3.25. The fraction of sp³-hybridized carbons (Fsp3) is 0.0667. The number of aromatic nitrogens is 2. The molecule has 0 aliphatic rings. The van der Waals surface area contributed by atoms with Crippen molar-refractivity contribution in [1.82, 2.24) is 9.97 Å². The van der Waals surface area contributed by atoms with E-state index in [0.717, 1.165) is 22.3 Å². The highest BCUT2D eigenvalue weighted by Gasteiger charge is 2.02. The normalized spacial score (nSPS) is 10.7. The van der Waals surface area contributed by atoms with Gasteiger partial charge in [0.15, 0.2) is 0 Å². The van der Waals surface area contributed by atoms with E-state index in [9.17, 15) is 0 Å². The quantitative estimate of drug-likeness (QED) is 0.655. The Bertz CT molecular complexity index is 760. The van der Waals surface area contributed by atoms with Gasteiger partial charge in [-0.3, -0.25) is 0 Å². The first-order valence-corrected chi connectivity index (χ1v) is 6.21. The minimum Gasteiger partial charge on any atom is -0.343 e. The summed E-state index contributed by atoms with van der Waals surface area (Å²) in [4.78, 5) is 7.53. The smallest absolute Gasteiger partial charge is 0.137 e. The molecule has 0 saturated carbocycles. The van der Waals surface area contributed by atoms with Crippen LogP contribution in [0.25, 0.3) is 22.0 Å². The van der Waals surface area contributed by atoms with Gasteiger partial charge in [-0.2, -0.15) is 0 Å². The van der Waals surface area contributed by atoms with Crippen LogP contribution in [0.4, 0.5) is 0 Å². The lowest BCUT2D eigenvalue weighted by Gasteiger charge is -2.05. The highest BCUT2D eigenvalue weighted by atomic mass is 32.1. The van der Waals surface area contributed by atoms with Gasteiger partial charge in [0.05, 0.1) is 0 Å². The second-order valence-corrected chi connectivity index (χ2v) is 4.64. The lowest BCUT2D eigenvalue weighted by molar-refractivity contribution is 1.08. The van der Waals surface area contributed by atoms with Gasteiger partial charge in [0.25, 0.3) is 0 Å². The molecule has 3 rings (SSSR count). The summed E-state index contributed by atoms with van der Waals surface area (Å²) in [5.41, 5.74) is 3.38. The summed E-state index contributed by atoms with van der Waals surface area (Å²) >= 11 is 5.32. The predicted octanol–water partition coefficient (Wildman–Crippen LogP) is 4.27. The summed E-state index contributed by atoms with van der Waals surface area (Å²) in [6, 6.07) is 16.5. The number of hydrogen-bond donors (Lipinski definition) is 1. The predicted molar refractivity (Wildman–Crippen MR) is 77.1 cm³/mol. The van der Waals surface area contributed by atoms with Crippen LogP contribution in [-0.4, -0.2) is 9.97 Å². The van der Waals surface area contributed by atoms with Gasteiger partial charge in [-0.15, -0.1) is 0 Å². The zero-order chi connectivity index (χ0) is 12.5. The number of aryl methyl sites for hydroxylation is 1. The van der Waals surface area contributed by atoms with E-state index >= 15 is 0 Å². The first-order valence-electron chi connectivity index (χ1n) is 5.80. The van der Waals surface area contributed by atoms with Crippen LogP contribution < -0.4 is 0 Å². The Morgan fingerprint density at radius 2 is 1.78 bits per heavy atom. The van der Waals surface area contributed by atoms with Crippen LogP contribution in [0.2, 0.25) is 0 Å². The molecular formula is C15H12N2S. The lowest BCUT2D eigenvalue weighted by atomic mass is 10.0. The van der Waals surface area contributed by atoms with Gasteiger partial charge < -0.3 is 4.98 Å². The van der Waals surface area contributed by atoms with E-state index in [1.165, 1.54) is 5.56 Å². The molecule has 0 aliphatic carbocycles. The van der Waals surface area contributed by atoms with Crippen molar-refractivity contribution in [3.05, 3.63) is 59.0 Å². The van der Waals surface area contributed by atoms with Gasteiger partial charge in [-0.25, -0.2) is 4.98 Å². The molecule has 0 fully saturated rings. The number of hydrogen-bond acceptors (Lipinski definition) is 2. The van der Waals surface area contributed by atoms with Crippen molar-refractivity contribution in [1.29, 1.82) is 0 Å². The number of fused-ring (bicyclic) bond motifs is 1. The molecule has 3 aromatic rings. The van der Waals surface area contributed by atoms with Crippen LogP contribution in [0.1, 0.15) is 5.82 Å². The number of nitrogens with zero attached hydrogens (tertiary/aromatic N) is 1. The van der Waals surface area contributed by atoms with E-state index in [2.05, 4.69) is 40.3 Å². The van der Waals surface area contributed by atoms with Crippen molar-refractivity contribution < 1.29 is 0 Å². The van der Waals surface area contributed by atoms with Gasteiger partial charge in [-0.05, 0) is 30.2 Å². The average Bonchev–Trinajstić information content (AvgIpc) is 2.39. The molecule has 0 radical (unpaired) electrons. The number of benzene rings is 2. The van der Waals surface area contributed by atoms with Crippen molar-refractivity contribution in [2.75, 3.05) is 0 Å². The topological polar surface area (TPSA) is 28.7 Å². The number of rotatable bonds is 1. The van der Waals surface area contributed by atoms with Crippen LogP contribution in [-0.2, 0) is 0 Å². The highest BCUT2D eigenvalue weighted by molar-refractivity contribution is 7.71. The Balaban J connectivity index is 2.27. The van der Waals surface area contributed by atoms with Crippen molar-refractivity contribution in [2.24, 2.45) is 0 Å². The van der Waals surface area contributed by atoms with E-state index in [1.807, 2.05) is 25.1 Å². The van der Waals surface area contributed by atoms with Crippen molar-refractivity contribution >= 4 is 23.1 Å². The summed E-state index contributed by atoms with van der Waals surface area (Å²) in [7, 11) is 0. The molecule has 2 nitrogen and oxygen atoms in total. The minimum absolute atomic E-state index is 0.652. The Labute approximate surface area is 110 Å². The van der Waals surface area contributed by atoms with Gasteiger partial charge in [0, 0.05) is 10.9 Å². The van der Waals surface area contributed by atoms with Crippen LogP contribution in [0.15, 0.2) is 48.5 Å². The van der Waals surface area contributed by atoms with Crippen LogP contribution in [0.5, 0.6) is 0 Å². The molecule has 1 heterocycles. The van der Waals surface area contributed by atoms with Gasteiger partial charge in [0.2, 0.25) is 0 Å². The Hall–Kier alpha value is -2.00. The van der Waals surface area contributed by atoms with E-state index in [0.29, 0.717) is 4.64 Å². The molecule has 0 saturated heterocycles. The van der Waals surface area contributed by atoms with Gasteiger partial charge in [-0.1, -0.05) is 48.6 Å². The van der Waals surface area contributed by atoms with E-state index in [-0.39, 0.29) is 0 Å². The third kappa shape index (κ3) is 1.93. The summed E-state index contributed by atoms with van der Waals surface area (Å²) < 4.78 is 0.652. The van der Waals surface area contributed by atoms with Crippen molar-refractivity contribution in [3.8, 4) is 11.1 Å². The monoisotopic (exact) mass is 252 g/mol. The summed E-state index contributed by atoms with van der Waals surface area (Å²) in [6.45, 7) is 1.92. The number of H-pyrrole nitrogens is 1. The lowest BCUT2D eigenvalue weighted by Crippen LogP contribution is -1.90.